The first-order valence-electron chi connectivity index (χ1n) is 5.91. The summed E-state index contributed by atoms with van der Waals surface area (Å²) < 4.78 is 5.64. The van der Waals surface area contributed by atoms with Crippen LogP contribution in [0, 0.1) is 11.3 Å². The molecule has 90 valence electrons. The van der Waals surface area contributed by atoms with Crippen molar-refractivity contribution in [2.45, 2.75) is 38.6 Å². The van der Waals surface area contributed by atoms with E-state index < -0.39 is 0 Å². The van der Waals surface area contributed by atoms with Crippen molar-refractivity contribution in [3.05, 3.63) is 23.8 Å². The molecule has 1 unspecified atom stereocenters. The summed E-state index contributed by atoms with van der Waals surface area (Å²) in [5.41, 5.74) is 2.40. The molecule has 0 bridgehead atoms. The number of rotatable bonds is 1. The molecule has 3 heteroatoms. The number of anilines is 1. The smallest absolute Gasteiger partial charge is 0.142 e. The van der Waals surface area contributed by atoms with Crippen LogP contribution < -0.4 is 10.1 Å². The third-order valence-corrected chi connectivity index (χ3v) is 2.98. The van der Waals surface area contributed by atoms with Gasteiger partial charge in [-0.1, -0.05) is 26.8 Å². The highest BCUT2D eigenvalue weighted by molar-refractivity contribution is 5.60. The maximum absolute atomic E-state index is 8.70. The van der Waals surface area contributed by atoms with Crippen LogP contribution in [0.15, 0.2) is 18.2 Å². The molecule has 0 aliphatic carbocycles. The molecular formula is C14H18N2O. The molecule has 1 aliphatic rings. The largest absolute Gasteiger partial charge is 0.489 e. The lowest BCUT2D eigenvalue weighted by atomic mass is 9.86. The zero-order valence-corrected chi connectivity index (χ0v) is 10.6. The van der Waals surface area contributed by atoms with Gasteiger partial charge in [-0.2, -0.15) is 5.26 Å². The quantitative estimate of drug-likeness (QED) is 0.806. The molecule has 1 heterocycles. The second kappa shape index (κ2) is 4.29. The van der Waals surface area contributed by atoms with E-state index in [0.717, 1.165) is 11.4 Å². The topological polar surface area (TPSA) is 45.0 Å². The van der Waals surface area contributed by atoms with Gasteiger partial charge in [0.1, 0.15) is 12.4 Å². The monoisotopic (exact) mass is 230 g/mol. The van der Waals surface area contributed by atoms with Gasteiger partial charge in [0.25, 0.3) is 0 Å². The van der Waals surface area contributed by atoms with Gasteiger partial charge < -0.3 is 10.1 Å². The Morgan fingerprint density at radius 3 is 2.88 bits per heavy atom. The first kappa shape index (κ1) is 11.8. The average Bonchev–Trinajstić information content (AvgIpc) is 2.27. The normalized spacial score (nSPS) is 18.6. The highest BCUT2D eigenvalue weighted by Crippen LogP contribution is 2.34. The minimum Gasteiger partial charge on any atom is -0.489 e. The molecule has 0 aromatic heterocycles. The molecule has 0 amide bonds. The van der Waals surface area contributed by atoms with E-state index in [1.807, 2.05) is 6.07 Å². The maximum Gasteiger partial charge on any atom is 0.142 e. The number of hydrogen-bond acceptors (Lipinski definition) is 3. The molecule has 0 radical (unpaired) electrons. The lowest BCUT2D eigenvalue weighted by Crippen LogP contribution is -2.31. The van der Waals surface area contributed by atoms with Crippen molar-refractivity contribution >= 4 is 5.69 Å². The highest BCUT2D eigenvalue weighted by Gasteiger charge is 2.21. The van der Waals surface area contributed by atoms with E-state index in [9.17, 15) is 0 Å². The standard InChI is InChI=1S/C14H18N2O/c1-14(2,3)10-4-5-13-12(8-10)16-11(6-7-15)9-17-13/h4-5,8,11,16H,6,9H2,1-3H3. The number of nitrogens with zero attached hydrogens (tertiary/aromatic N) is 1. The van der Waals surface area contributed by atoms with Gasteiger partial charge in [0.15, 0.2) is 0 Å². The molecular weight excluding hydrogens is 212 g/mol. The Hall–Kier alpha value is -1.69. The second-order valence-corrected chi connectivity index (χ2v) is 5.48. The van der Waals surface area contributed by atoms with Crippen molar-refractivity contribution < 1.29 is 4.74 Å². The number of ether oxygens (including phenoxy) is 1. The maximum atomic E-state index is 8.70. The van der Waals surface area contributed by atoms with E-state index in [2.05, 4.69) is 44.3 Å². The Bertz CT molecular complexity index is 454. The summed E-state index contributed by atoms with van der Waals surface area (Å²) in [5, 5.41) is 12.1. The zero-order chi connectivity index (χ0) is 12.5. The minimum atomic E-state index is 0.0997. The Morgan fingerprint density at radius 2 is 2.24 bits per heavy atom. The minimum absolute atomic E-state index is 0.0997. The van der Waals surface area contributed by atoms with Crippen LogP contribution in [0.2, 0.25) is 0 Å². The average molecular weight is 230 g/mol. The Kier molecular flexibility index (Phi) is 2.97. The number of benzene rings is 1. The Balaban J connectivity index is 2.27. The lowest BCUT2D eigenvalue weighted by molar-refractivity contribution is 0.285. The van der Waals surface area contributed by atoms with Crippen LogP contribution in [0.3, 0.4) is 0 Å². The predicted octanol–water partition coefficient (Wildman–Crippen LogP) is 3.07. The van der Waals surface area contributed by atoms with E-state index >= 15 is 0 Å². The van der Waals surface area contributed by atoms with Crippen LogP contribution in [0.1, 0.15) is 32.8 Å². The van der Waals surface area contributed by atoms with Gasteiger partial charge in [-0.15, -0.1) is 0 Å². The molecule has 0 spiro atoms. The summed E-state index contributed by atoms with van der Waals surface area (Å²) in [4.78, 5) is 0. The molecule has 17 heavy (non-hydrogen) atoms. The molecule has 3 nitrogen and oxygen atoms in total. The number of nitriles is 1. The Labute approximate surface area is 102 Å². The molecule has 0 saturated carbocycles. The van der Waals surface area contributed by atoms with Crippen molar-refractivity contribution in [1.82, 2.24) is 0 Å². The third-order valence-electron chi connectivity index (χ3n) is 2.98. The van der Waals surface area contributed by atoms with E-state index in [1.165, 1.54) is 5.56 Å². The summed E-state index contributed by atoms with van der Waals surface area (Å²) in [6.45, 7) is 7.12. The number of fused-ring (bicyclic) bond motifs is 1. The SMILES string of the molecule is CC(C)(C)c1ccc2c(c1)NC(CC#N)CO2. The predicted molar refractivity (Wildman–Crippen MR) is 68.3 cm³/mol. The van der Waals surface area contributed by atoms with Crippen LogP contribution in [0.5, 0.6) is 5.75 Å². The van der Waals surface area contributed by atoms with Gasteiger partial charge in [0, 0.05) is 0 Å². The van der Waals surface area contributed by atoms with Crippen molar-refractivity contribution in [1.29, 1.82) is 5.26 Å². The second-order valence-electron chi connectivity index (χ2n) is 5.48. The van der Waals surface area contributed by atoms with Crippen molar-refractivity contribution in [3.63, 3.8) is 0 Å². The summed E-state index contributed by atoms with van der Waals surface area (Å²) >= 11 is 0. The van der Waals surface area contributed by atoms with E-state index in [0.29, 0.717) is 13.0 Å². The third kappa shape index (κ3) is 2.52. The van der Waals surface area contributed by atoms with Gasteiger partial charge in [-0.3, -0.25) is 0 Å². The summed E-state index contributed by atoms with van der Waals surface area (Å²) in [7, 11) is 0. The molecule has 1 atom stereocenters. The fourth-order valence-electron chi connectivity index (χ4n) is 1.91. The molecule has 1 aromatic carbocycles. The molecule has 0 saturated heterocycles. The van der Waals surface area contributed by atoms with Crippen LogP contribution in [-0.2, 0) is 5.41 Å². The highest BCUT2D eigenvalue weighted by atomic mass is 16.5. The molecule has 1 aliphatic heterocycles. The lowest BCUT2D eigenvalue weighted by Gasteiger charge is -2.28. The van der Waals surface area contributed by atoms with Crippen LogP contribution in [0.25, 0.3) is 0 Å². The van der Waals surface area contributed by atoms with Gasteiger partial charge in [0.05, 0.1) is 24.2 Å². The molecule has 1 aromatic rings. The summed E-state index contributed by atoms with van der Waals surface area (Å²) in [6.07, 6.45) is 0.471. The number of nitrogens with one attached hydrogen (secondary N) is 1. The van der Waals surface area contributed by atoms with Gasteiger partial charge >= 0.3 is 0 Å². The van der Waals surface area contributed by atoms with Gasteiger partial charge in [-0.05, 0) is 23.1 Å². The van der Waals surface area contributed by atoms with Crippen molar-refractivity contribution in [2.24, 2.45) is 0 Å². The van der Waals surface area contributed by atoms with E-state index in [-0.39, 0.29) is 11.5 Å². The van der Waals surface area contributed by atoms with Crippen molar-refractivity contribution in [2.75, 3.05) is 11.9 Å². The molecule has 0 fully saturated rings. The first-order valence-corrected chi connectivity index (χ1v) is 5.91. The van der Waals surface area contributed by atoms with Crippen LogP contribution >= 0.6 is 0 Å². The van der Waals surface area contributed by atoms with Gasteiger partial charge in [-0.25, -0.2) is 0 Å². The fourth-order valence-corrected chi connectivity index (χ4v) is 1.91. The van der Waals surface area contributed by atoms with Crippen molar-refractivity contribution in [3.8, 4) is 11.8 Å². The van der Waals surface area contributed by atoms with Crippen LogP contribution in [-0.4, -0.2) is 12.6 Å². The molecule has 2 rings (SSSR count). The van der Waals surface area contributed by atoms with E-state index in [1.54, 1.807) is 0 Å². The summed E-state index contributed by atoms with van der Waals surface area (Å²) in [6, 6.07) is 8.50. The van der Waals surface area contributed by atoms with Gasteiger partial charge in [0.2, 0.25) is 0 Å². The first-order chi connectivity index (χ1) is 8.00. The zero-order valence-electron chi connectivity index (χ0n) is 10.6. The number of hydrogen-bond donors (Lipinski definition) is 1. The van der Waals surface area contributed by atoms with Crippen LogP contribution in [0.4, 0.5) is 5.69 Å². The van der Waals surface area contributed by atoms with E-state index in [4.69, 9.17) is 10.00 Å². The Morgan fingerprint density at radius 1 is 1.47 bits per heavy atom. The fraction of sp³-hybridized carbons (Fsp3) is 0.500. The molecule has 1 N–H and O–H groups in total. The summed E-state index contributed by atoms with van der Waals surface area (Å²) in [5.74, 6) is 0.882.